The van der Waals surface area contributed by atoms with E-state index in [4.69, 9.17) is 4.74 Å². The molecule has 0 radical (unpaired) electrons. The Bertz CT molecular complexity index is 683. The number of pyridine rings is 1. The van der Waals surface area contributed by atoms with E-state index < -0.39 is 17.2 Å². The molecule has 4 nitrogen and oxygen atoms in total. The van der Waals surface area contributed by atoms with Gasteiger partial charge >= 0.3 is 0 Å². The maximum atomic E-state index is 13.4. The molecule has 7 heteroatoms. The number of aromatic nitrogens is 3. The zero-order valence-electron chi connectivity index (χ0n) is 10.3. The molecule has 1 fully saturated rings. The maximum Gasteiger partial charge on any atom is 0.259 e. The number of fused-ring (bicyclic) bond motifs is 1. The quantitative estimate of drug-likeness (QED) is 0.806. The van der Waals surface area contributed by atoms with E-state index in [-0.39, 0.29) is 19.6 Å². The molecule has 0 saturated heterocycles. The molecule has 0 amide bonds. The van der Waals surface area contributed by atoms with Crippen LogP contribution in [0.15, 0.2) is 24.4 Å². The molecule has 1 aliphatic carbocycles. The van der Waals surface area contributed by atoms with Crippen molar-refractivity contribution in [1.29, 1.82) is 0 Å². The standard InChI is InChI=1S/C13H10F3N3O/c14-8-1-2-9(17-4-8)10-3-11-19(18-10)6-12(7-20-11)5-13(12,15)16/h1-4H,5-7H2. The van der Waals surface area contributed by atoms with Gasteiger partial charge in [-0.15, -0.1) is 0 Å². The number of halogens is 3. The second-order valence-electron chi connectivity index (χ2n) is 5.34. The van der Waals surface area contributed by atoms with Gasteiger partial charge in [-0.1, -0.05) is 0 Å². The molecule has 0 bridgehead atoms. The van der Waals surface area contributed by atoms with Crippen LogP contribution >= 0.6 is 0 Å². The molecule has 20 heavy (non-hydrogen) atoms. The molecular formula is C13H10F3N3O. The minimum Gasteiger partial charge on any atom is -0.477 e. The van der Waals surface area contributed by atoms with Crippen LogP contribution in [-0.2, 0) is 6.54 Å². The molecular weight excluding hydrogens is 271 g/mol. The molecule has 1 atom stereocenters. The van der Waals surface area contributed by atoms with Gasteiger partial charge in [-0.3, -0.25) is 4.98 Å². The minimum absolute atomic E-state index is 0.00196. The highest BCUT2D eigenvalue weighted by Crippen LogP contribution is 2.62. The Kier molecular flexibility index (Phi) is 2.07. The molecule has 1 saturated carbocycles. The third-order valence-corrected chi connectivity index (χ3v) is 3.89. The van der Waals surface area contributed by atoms with Crippen molar-refractivity contribution >= 4 is 0 Å². The van der Waals surface area contributed by atoms with E-state index in [2.05, 4.69) is 10.1 Å². The fraction of sp³-hybridized carbons (Fsp3) is 0.385. The molecule has 0 aromatic carbocycles. The second kappa shape index (κ2) is 3.53. The van der Waals surface area contributed by atoms with Crippen molar-refractivity contribution in [3.05, 3.63) is 30.2 Å². The lowest BCUT2D eigenvalue weighted by Crippen LogP contribution is -2.31. The van der Waals surface area contributed by atoms with Crippen molar-refractivity contribution in [1.82, 2.24) is 14.8 Å². The first-order valence-electron chi connectivity index (χ1n) is 6.20. The second-order valence-corrected chi connectivity index (χ2v) is 5.34. The monoisotopic (exact) mass is 281 g/mol. The fourth-order valence-electron chi connectivity index (χ4n) is 2.54. The van der Waals surface area contributed by atoms with Crippen LogP contribution in [-0.4, -0.2) is 27.3 Å². The van der Waals surface area contributed by atoms with Crippen LogP contribution in [0.2, 0.25) is 0 Å². The lowest BCUT2D eigenvalue weighted by molar-refractivity contribution is 0.0151. The van der Waals surface area contributed by atoms with Crippen LogP contribution in [0.25, 0.3) is 11.4 Å². The Morgan fingerprint density at radius 3 is 2.70 bits per heavy atom. The van der Waals surface area contributed by atoms with Gasteiger partial charge in [-0.2, -0.15) is 5.10 Å². The summed E-state index contributed by atoms with van der Waals surface area (Å²) in [5.74, 6) is -2.67. The average Bonchev–Trinajstić information content (AvgIpc) is 2.76. The molecule has 0 N–H and O–H groups in total. The molecule has 104 valence electrons. The van der Waals surface area contributed by atoms with Gasteiger partial charge in [0.1, 0.15) is 18.1 Å². The molecule has 1 spiro atoms. The van der Waals surface area contributed by atoms with Crippen molar-refractivity contribution < 1.29 is 17.9 Å². The lowest BCUT2D eigenvalue weighted by atomic mass is 10.1. The number of hydrogen-bond donors (Lipinski definition) is 0. The van der Waals surface area contributed by atoms with E-state index >= 15 is 0 Å². The number of rotatable bonds is 1. The van der Waals surface area contributed by atoms with Crippen LogP contribution in [0.1, 0.15) is 6.42 Å². The maximum absolute atomic E-state index is 13.4. The molecule has 4 rings (SSSR count). The number of hydrogen-bond acceptors (Lipinski definition) is 3. The highest BCUT2D eigenvalue weighted by atomic mass is 19.3. The third-order valence-electron chi connectivity index (χ3n) is 3.89. The first-order valence-corrected chi connectivity index (χ1v) is 6.20. The fourth-order valence-corrected chi connectivity index (χ4v) is 2.54. The van der Waals surface area contributed by atoms with Crippen LogP contribution in [0, 0.1) is 11.2 Å². The highest BCUT2D eigenvalue weighted by Gasteiger charge is 2.73. The topological polar surface area (TPSA) is 39.9 Å². The Morgan fingerprint density at radius 2 is 2.05 bits per heavy atom. The van der Waals surface area contributed by atoms with Crippen LogP contribution in [0.4, 0.5) is 13.2 Å². The van der Waals surface area contributed by atoms with Gasteiger partial charge in [0.2, 0.25) is 5.88 Å². The first kappa shape index (κ1) is 11.7. The summed E-state index contributed by atoms with van der Waals surface area (Å²) in [6.45, 7) is 0.137. The lowest BCUT2D eigenvalue weighted by Gasteiger charge is -2.23. The van der Waals surface area contributed by atoms with E-state index in [1.54, 1.807) is 6.07 Å². The first-order chi connectivity index (χ1) is 9.49. The van der Waals surface area contributed by atoms with Gasteiger partial charge < -0.3 is 4.74 Å². The molecule has 3 heterocycles. The molecule has 1 aliphatic heterocycles. The number of alkyl halides is 2. The zero-order valence-corrected chi connectivity index (χ0v) is 10.3. The molecule has 2 aromatic heterocycles. The minimum atomic E-state index is -2.68. The van der Waals surface area contributed by atoms with Crippen molar-refractivity contribution in [2.24, 2.45) is 5.41 Å². The average molecular weight is 281 g/mol. The van der Waals surface area contributed by atoms with E-state index in [0.29, 0.717) is 17.3 Å². The van der Waals surface area contributed by atoms with Gasteiger partial charge in [0.25, 0.3) is 5.92 Å². The van der Waals surface area contributed by atoms with Gasteiger partial charge in [-0.25, -0.2) is 17.9 Å². The van der Waals surface area contributed by atoms with Crippen LogP contribution in [0.5, 0.6) is 5.88 Å². The van der Waals surface area contributed by atoms with Gasteiger partial charge in [0.05, 0.1) is 23.9 Å². The Balaban J connectivity index is 1.67. The summed E-state index contributed by atoms with van der Waals surface area (Å²) in [4.78, 5) is 3.92. The van der Waals surface area contributed by atoms with Crippen LogP contribution in [0.3, 0.4) is 0 Å². The molecule has 2 aliphatic rings. The Hall–Kier alpha value is -2.05. The predicted molar refractivity (Wildman–Crippen MR) is 62.9 cm³/mol. The van der Waals surface area contributed by atoms with E-state index in [1.165, 1.54) is 16.8 Å². The van der Waals surface area contributed by atoms with E-state index in [0.717, 1.165) is 6.20 Å². The van der Waals surface area contributed by atoms with Crippen molar-refractivity contribution in [2.75, 3.05) is 6.61 Å². The van der Waals surface area contributed by atoms with Crippen LogP contribution < -0.4 is 4.74 Å². The van der Waals surface area contributed by atoms with Gasteiger partial charge in [0.15, 0.2) is 0 Å². The van der Waals surface area contributed by atoms with Crippen molar-refractivity contribution in [2.45, 2.75) is 18.9 Å². The zero-order chi connectivity index (χ0) is 14.0. The van der Waals surface area contributed by atoms with Gasteiger partial charge in [-0.05, 0) is 12.1 Å². The normalized spacial score (nSPS) is 26.1. The summed E-state index contributed by atoms with van der Waals surface area (Å²) < 4.78 is 46.4. The third kappa shape index (κ3) is 1.55. The SMILES string of the molecule is Fc1ccc(-c2cc3n(n2)CC2(CO3)CC2(F)F)nc1. The van der Waals surface area contributed by atoms with Crippen molar-refractivity contribution in [3.63, 3.8) is 0 Å². The van der Waals surface area contributed by atoms with E-state index in [9.17, 15) is 13.2 Å². The van der Waals surface area contributed by atoms with E-state index in [1.807, 2.05) is 0 Å². The molecule has 2 aromatic rings. The highest BCUT2D eigenvalue weighted by molar-refractivity contribution is 5.55. The largest absolute Gasteiger partial charge is 0.477 e. The Morgan fingerprint density at radius 1 is 1.25 bits per heavy atom. The summed E-state index contributed by atoms with van der Waals surface area (Å²) in [5.41, 5.74) is -0.144. The predicted octanol–water partition coefficient (Wildman–Crippen LogP) is 2.50. The summed E-state index contributed by atoms with van der Waals surface area (Å²) in [7, 11) is 0. The Labute approximate surface area is 112 Å². The summed E-state index contributed by atoms with van der Waals surface area (Å²) >= 11 is 0. The number of nitrogens with zero attached hydrogens (tertiary/aromatic N) is 3. The summed E-state index contributed by atoms with van der Waals surface area (Å²) in [5, 5.41) is 4.23. The number of ether oxygens (including phenoxy) is 1. The summed E-state index contributed by atoms with van der Waals surface area (Å²) in [6.07, 6.45) is 0.925. The smallest absolute Gasteiger partial charge is 0.259 e. The van der Waals surface area contributed by atoms with Gasteiger partial charge in [0, 0.05) is 12.5 Å². The van der Waals surface area contributed by atoms with Crippen molar-refractivity contribution in [3.8, 4) is 17.3 Å². The summed E-state index contributed by atoms with van der Waals surface area (Å²) in [6, 6.07) is 4.40. The molecule has 1 unspecified atom stereocenters.